The van der Waals surface area contributed by atoms with Crippen molar-refractivity contribution in [3.8, 4) is 0 Å². The van der Waals surface area contributed by atoms with Gasteiger partial charge in [-0.3, -0.25) is 14.3 Å². The zero-order chi connectivity index (χ0) is 22.5. The highest BCUT2D eigenvalue weighted by Crippen LogP contribution is 2.25. The van der Waals surface area contributed by atoms with Crippen LogP contribution < -0.4 is 5.73 Å². The number of nitrogens with zero attached hydrogens (tertiary/aromatic N) is 3. The quantitative estimate of drug-likeness (QED) is 0.650. The number of amides is 2. The van der Waals surface area contributed by atoms with E-state index in [4.69, 9.17) is 10.5 Å². The number of likely N-dealkylation sites (tertiary alicyclic amines) is 1. The van der Waals surface area contributed by atoms with Crippen molar-refractivity contribution >= 4 is 17.8 Å². The maximum atomic E-state index is 12.9. The first-order valence-electron chi connectivity index (χ1n) is 10.6. The number of rotatable bonds is 8. The zero-order valence-corrected chi connectivity index (χ0v) is 18.3. The number of benzene rings is 1. The first kappa shape index (κ1) is 22.5. The fourth-order valence-corrected chi connectivity index (χ4v) is 4.21. The summed E-state index contributed by atoms with van der Waals surface area (Å²) in [7, 11) is 0. The van der Waals surface area contributed by atoms with Crippen molar-refractivity contribution < 1.29 is 19.1 Å². The largest absolute Gasteiger partial charge is 0.457 e. The summed E-state index contributed by atoms with van der Waals surface area (Å²) >= 11 is 0. The average Bonchev–Trinajstić information content (AvgIpc) is 3.26. The third-order valence-corrected chi connectivity index (χ3v) is 5.88. The summed E-state index contributed by atoms with van der Waals surface area (Å²) in [6.45, 7) is 7.41. The minimum Gasteiger partial charge on any atom is -0.457 e. The predicted octanol–water partition coefficient (Wildman–Crippen LogP) is 2.01. The van der Waals surface area contributed by atoms with Gasteiger partial charge in [0, 0.05) is 37.5 Å². The van der Waals surface area contributed by atoms with E-state index in [9.17, 15) is 14.4 Å². The van der Waals surface area contributed by atoms with Gasteiger partial charge in [0.25, 0.3) is 0 Å². The lowest BCUT2D eigenvalue weighted by molar-refractivity contribution is -0.130. The molecule has 1 aromatic carbocycles. The molecular formula is C23H30N4O4. The molecule has 2 heterocycles. The molecule has 0 saturated carbocycles. The lowest BCUT2D eigenvalue weighted by Crippen LogP contribution is -2.31. The first-order chi connectivity index (χ1) is 14.8. The van der Waals surface area contributed by atoms with Crippen LogP contribution in [0.15, 0.2) is 30.3 Å². The summed E-state index contributed by atoms with van der Waals surface area (Å²) < 4.78 is 7.59. The number of nitrogens with two attached hydrogens (primary N) is 1. The van der Waals surface area contributed by atoms with Gasteiger partial charge in [0.15, 0.2) is 0 Å². The minimum atomic E-state index is -0.560. The summed E-state index contributed by atoms with van der Waals surface area (Å²) in [5.74, 6) is -1.28. The maximum Gasteiger partial charge on any atom is 0.338 e. The van der Waals surface area contributed by atoms with Gasteiger partial charge in [-0.15, -0.1) is 0 Å². The van der Waals surface area contributed by atoms with E-state index in [0.29, 0.717) is 24.9 Å². The molecule has 1 aromatic heterocycles. The number of ether oxygens (including phenoxy) is 1. The van der Waals surface area contributed by atoms with Crippen molar-refractivity contribution in [1.82, 2.24) is 14.7 Å². The van der Waals surface area contributed by atoms with Gasteiger partial charge in [0.05, 0.1) is 17.8 Å². The molecule has 2 atom stereocenters. The topological polar surface area (TPSA) is 108 Å². The van der Waals surface area contributed by atoms with E-state index in [2.05, 4.69) is 5.10 Å². The molecule has 2 N–H and O–H groups in total. The highest BCUT2D eigenvalue weighted by atomic mass is 16.5. The lowest BCUT2D eigenvalue weighted by Gasteiger charge is -2.17. The highest BCUT2D eigenvalue weighted by Gasteiger charge is 2.38. The van der Waals surface area contributed by atoms with Gasteiger partial charge in [0.2, 0.25) is 11.8 Å². The number of hydrogen-bond donors (Lipinski definition) is 1. The number of hydrogen-bond acceptors (Lipinski definition) is 5. The van der Waals surface area contributed by atoms with E-state index in [1.807, 2.05) is 31.5 Å². The Bertz CT molecular complexity index is 954. The first-order valence-corrected chi connectivity index (χ1v) is 10.6. The molecule has 0 bridgehead atoms. The lowest BCUT2D eigenvalue weighted by atomic mass is 10.0. The molecule has 1 aliphatic heterocycles. The van der Waals surface area contributed by atoms with Crippen LogP contribution in [0, 0.1) is 19.8 Å². The molecular weight excluding hydrogens is 396 g/mol. The molecule has 31 heavy (non-hydrogen) atoms. The van der Waals surface area contributed by atoms with Gasteiger partial charge < -0.3 is 15.4 Å². The van der Waals surface area contributed by atoms with Crippen LogP contribution in [-0.2, 0) is 27.3 Å². The van der Waals surface area contributed by atoms with E-state index in [-0.39, 0.29) is 24.8 Å². The van der Waals surface area contributed by atoms with Crippen LogP contribution >= 0.6 is 0 Å². The molecule has 0 aliphatic carbocycles. The van der Waals surface area contributed by atoms with E-state index in [1.54, 1.807) is 29.2 Å². The molecule has 1 aliphatic rings. The Morgan fingerprint density at radius 3 is 2.48 bits per heavy atom. The summed E-state index contributed by atoms with van der Waals surface area (Å²) in [5, 5.41) is 4.51. The Morgan fingerprint density at radius 1 is 1.16 bits per heavy atom. The second kappa shape index (κ2) is 9.76. The Labute approximate surface area is 182 Å². The second-order valence-corrected chi connectivity index (χ2v) is 8.00. The number of primary amides is 1. The number of carbonyl (C=O) groups is 3. The maximum absolute atomic E-state index is 12.9. The molecule has 3 rings (SSSR count). The molecule has 1 saturated heterocycles. The van der Waals surface area contributed by atoms with Gasteiger partial charge in [-0.25, -0.2) is 4.79 Å². The van der Waals surface area contributed by atoms with Crippen LogP contribution in [0.5, 0.6) is 0 Å². The minimum absolute atomic E-state index is 0.0317. The van der Waals surface area contributed by atoms with Crippen LogP contribution in [-0.4, -0.2) is 51.7 Å². The summed E-state index contributed by atoms with van der Waals surface area (Å²) in [6, 6.07) is 8.67. The number of carbonyl (C=O) groups excluding carboxylic acids is 3. The zero-order valence-electron chi connectivity index (χ0n) is 18.3. The molecule has 0 radical (unpaired) electrons. The molecule has 0 unspecified atom stereocenters. The fourth-order valence-electron chi connectivity index (χ4n) is 4.21. The number of esters is 1. The molecule has 1 fully saturated rings. The van der Waals surface area contributed by atoms with Crippen LogP contribution in [0.2, 0.25) is 0 Å². The Kier molecular flexibility index (Phi) is 7.09. The average molecular weight is 427 g/mol. The van der Waals surface area contributed by atoms with E-state index in [1.165, 1.54) is 0 Å². The van der Waals surface area contributed by atoms with Crippen molar-refractivity contribution in [3.05, 3.63) is 52.8 Å². The standard InChI is InChI=1S/C23H30N4O4/c1-4-27-16(3)19(15(2)25-27)10-11-22(29)26-13-18(12-21(24)28)20(14-26)31-23(30)17-8-6-5-7-9-17/h5-9,18,20H,4,10-14H2,1-3H3,(H2,24,28)/t18-,20+/m0/s1. The Morgan fingerprint density at radius 2 is 1.87 bits per heavy atom. The Hall–Kier alpha value is -3.16. The van der Waals surface area contributed by atoms with Gasteiger partial charge in [-0.2, -0.15) is 5.10 Å². The fraction of sp³-hybridized carbons (Fsp3) is 0.478. The van der Waals surface area contributed by atoms with Crippen molar-refractivity contribution in [2.24, 2.45) is 11.7 Å². The van der Waals surface area contributed by atoms with E-state index < -0.39 is 18.0 Å². The van der Waals surface area contributed by atoms with Crippen molar-refractivity contribution in [1.29, 1.82) is 0 Å². The third-order valence-electron chi connectivity index (χ3n) is 5.88. The van der Waals surface area contributed by atoms with Crippen LogP contribution in [0.3, 0.4) is 0 Å². The van der Waals surface area contributed by atoms with Crippen LogP contribution in [0.1, 0.15) is 47.1 Å². The molecule has 166 valence electrons. The van der Waals surface area contributed by atoms with Crippen LogP contribution in [0.25, 0.3) is 0 Å². The van der Waals surface area contributed by atoms with Crippen molar-refractivity contribution in [3.63, 3.8) is 0 Å². The predicted molar refractivity (Wildman–Crippen MR) is 115 cm³/mol. The highest BCUT2D eigenvalue weighted by molar-refractivity contribution is 5.89. The smallest absolute Gasteiger partial charge is 0.338 e. The third kappa shape index (κ3) is 5.31. The second-order valence-electron chi connectivity index (χ2n) is 8.00. The number of aromatic nitrogens is 2. The molecule has 2 amide bonds. The Balaban J connectivity index is 1.65. The van der Waals surface area contributed by atoms with Crippen molar-refractivity contribution in [2.75, 3.05) is 13.1 Å². The molecule has 2 aromatic rings. The number of aryl methyl sites for hydroxylation is 2. The van der Waals surface area contributed by atoms with Gasteiger partial charge in [0.1, 0.15) is 6.10 Å². The molecule has 8 nitrogen and oxygen atoms in total. The monoisotopic (exact) mass is 426 g/mol. The summed E-state index contributed by atoms with van der Waals surface area (Å²) in [4.78, 5) is 38.6. The molecule has 0 spiro atoms. The molecule has 8 heteroatoms. The van der Waals surface area contributed by atoms with Crippen LogP contribution in [0.4, 0.5) is 0 Å². The summed E-state index contributed by atoms with van der Waals surface area (Å²) in [6.07, 6.45) is 0.440. The van der Waals surface area contributed by atoms with Gasteiger partial charge in [-0.05, 0) is 44.9 Å². The van der Waals surface area contributed by atoms with Gasteiger partial charge >= 0.3 is 5.97 Å². The van der Waals surface area contributed by atoms with Gasteiger partial charge in [-0.1, -0.05) is 18.2 Å². The van der Waals surface area contributed by atoms with E-state index >= 15 is 0 Å². The van der Waals surface area contributed by atoms with E-state index in [0.717, 1.165) is 23.5 Å². The van der Waals surface area contributed by atoms with Crippen molar-refractivity contribution in [2.45, 2.75) is 52.7 Å². The summed E-state index contributed by atoms with van der Waals surface area (Å²) in [5.41, 5.74) is 8.94. The SMILES string of the molecule is CCn1nc(C)c(CCC(=O)N2C[C@H](CC(N)=O)[C@H](OC(=O)c3ccccc3)C2)c1C. The normalized spacial score (nSPS) is 18.2.